The van der Waals surface area contributed by atoms with Gasteiger partial charge in [-0.25, -0.2) is 3.93 Å². The largest absolute Gasteiger partial charge is 0.292 e. The van der Waals surface area contributed by atoms with E-state index < -0.39 is 0 Å². The molecule has 0 saturated carbocycles. The van der Waals surface area contributed by atoms with Gasteiger partial charge >= 0.3 is 0 Å². The van der Waals surface area contributed by atoms with Crippen LogP contribution in [0, 0.1) is 0 Å². The summed E-state index contributed by atoms with van der Waals surface area (Å²) in [7, 11) is 0. The van der Waals surface area contributed by atoms with Gasteiger partial charge in [-0.2, -0.15) is 0 Å². The third-order valence-corrected chi connectivity index (χ3v) is 3.67. The molecule has 2 saturated heterocycles. The summed E-state index contributed by atoms with van der Waals surface area (Å²) in [5.74, 6) is 0. The van der Waals surface area contributed by atoms with Crippen molar-refractivity contribution in [1.29, 1.82) is 0 Å². The molecule has 2 nitrogen and oxygen atoms in total. The summed E-state index contributed by atoms with van der Waals surface area (Å²) in [4.78, 5) is 2.69. The molecule has 12 heavy (non-hydrogen) atoms. The van der Waals surface area contributed by atoms with Crippen LogP contribution in [-0.4, -0.2) is 40.0 Å². The maximum absolute atomic E-state index is 3.59. The average Bonchev–Trinajstić information content (AvgIpc) is 2.24. The molecule has 3 heteroatoms. The molecule has 2 fully saturated rings. The molecule has 2 rings (SSSR count). The van der Waals surface area contributed by atoms with Crippen molar-refractivity contribution < 1.29 is 0 Å². The van der Waals surface area contributed by atoms with Gasteiger partial charge in [-0.05, 0) is 26.7 Å². The smallest absolute Gasteiger partial charge is 0.0250 e. The third-order valence-electron chi connectivity index (χ3n) is 3.09. The van der Waals surface area contributed by atoms with Crippen molar-refractivity contribution in [3.8, 4) is 0 Å². The zero-order valence-corrected chi connectivity index (χ0v) is 9.42. The number of nitrogens with zero attached hydrogens (tertiary/aromatic N) is 2. The first-order valence-corrected chi connectivity index (χ1v) is 5.57. The molecule has 2 unspecified atom stereocenters. The van der Waals surface area contributed by atoms with Crippen LogP contribution in [0.15, 0.2) is 0 Å². The molecule has 0 aromatic heterocycles. The highest BCUT2D eigenvalue weighted by atomic mass is 79.9. The predicted molar refractivity (Wildman–Crippen MR) is 54.3 cm³/mol. The van der Waals surface area contributed by atoms with Crippen LogP contribution in [0.25, 0.3) is 0 Å². The maximum atomic E-state index is 3.59. The SMILES string of the molecule is CC(C)N1C2CCC1CN(Br)C2. The second kappa shape index (κ2) is 3.28. The summed E-state index contributed by atoms with van der Waals surface area (Å²) in [5.41, 5.74) is 0. The predicted octanol–water partition coefficient (Wildman–Crippen LogP) is 1.85. The standard InChI is InChI=1S/C9H17BrN2/c1-7(2)12-8-3-4-9(12)6-11(10)5-8/h7-9H,3-6H2,1-2H3. The molecule has 2 aliphatic rings. The van der Waals surface area contributed by atoms with Crippen molar-refractivity contribution in [2.45, 2.75) is 44.8 Å². The van der Waals surface area contributed by atoms with Crippen molar-refractivity contribution in [3.63, 3.8) is 0 Å². The molecule has 0 N–H and O–H groups in total. The summed E-state index contributed by atoms with van der Waals surface area (Å²) < 4.78 is 2.30. The van der Waals surface area contributed by atoms with E-state index in [4.69, 9.17) is 0 Å². The Balaban J connectivity index is 2.09. The maximum Gasteiger partial charge on any atom is 0.0250 e. The van der Waals surface area contributed by atoms with Gasteiger partial charge in [0.1, 0.15) is 0 Å². The Bertz CT molecular complexity index is 158. The van der Waals surface area contributed by atoms with Crippen LogP contribution in [0.4, 0.5) is 0 Å². The van der Waals surface area contributed by atoms with Crippen LogP contribution in [0.2, 0.25) is 0 Å². The van der Waals surface area contributed by atoms with E-state index in [1.165, 1.54) is 25.9 Å². The molecule has 0 radical (unpaired) electrons. The summed E-state index contributed by atoms with van der Waals surface area (Å²) in [6.07, 6.45) is 2.79. The Morgan fingerprint density at radius 2 is 1.67 bits per heavy atom. The van der Waals surface area contributed by atoms with Gasteiger partial charge in [0.15, 0.2) is 0 Å². The van der Waals surface area contributed by atoms with E-state index in [-0.39, 0.29) is 0 Å². The zero-order valence-electron chi connectivity index (χ0n) is 7.83. The lowest BCUT2D eigenvalue weighted by atomic mass is 10.1. The molecular weight excluding hydrogens is 216 g/mol. The molecule has 0 aromatic rings. The Morgan fingerprint density at radius 1 is 1.17 bits per heavy atom. The molecular formula is C9H17BrN2. The van der Waals surface area contributed by atoms with Gasteiger partial charge in [0.2, 0.25) is 0 Å². The minimum absolute atomic E-state index is 0.726. The number of hydrogen-bond donors (Lipinski definition) is 0. The highest BCUT2D eigenvalue weighted by molar-refractivity contribution is 9.07. The molecule has 2 bridgehead atoms. The normalized spacial score (nSPS) is 38.0. The minimum Gasteiger partial charge on any atom is -0.292 e. The Morgan fingerprint density at radius 3 is 2.08 bits per heavy atom. The number of fused-ring (bicyclic) bond motifs is 2. The van der Waals surface area contributed by atoms with Gasteiger partial charge < -0.3 is 0 Å². The van der Waals surface area contributed by atoms with Crippen molar-refractivity contribution >= 4 is 16.1 Å². The first-order valence-electron chi connectivity index (χ1n) is 4.86. The fourth-order valence-corrected chi connectivity index (χ4v) is 3.40. The fourth-order valence-electron chi connectivity index (χ4n) is 2.73. The van der Waals surface area contributed by atoms with E-state index in [1.54, 1.807) is 0 Å². The van der Waals surface area contributed by atoms with Crippen molar-refractivity contribution in [1.82, 2.24) is 8.83 Å². The second-order valence-electron chi connectivity index (χ2n) is 4.25. The second-order valence-corrected chi connectivity index (χ2v) is 5.26. The van der Waals surface area contributed by atoms with Gasteiger partial charge in [-0.3, -0.25) is 4.90 Å². The average molecular weight is 233 g/mol. The van der Waals surface area contributed by atoms with Crippen molar-refractivity contribution in [3.05, 3.63) is 0 Å². The fraction of sp³-hybridized carbons (Fsp3) is 1.00. The minimum atomic E-state index is 0.726. The van der Waals surface area contributed by atoms with E-state index >= 15 is 0 Å². The Hall–Kier alpha value is 0.400. The Labute approximate surface area is 83.2 Å². The van der Waals surface area contributed by atoms with Crippen LogP contribution in [0.1, 0.15) is 26.7 Å². The first-order chi connectivity index (χ1) is 5.68. The van der Waals surface area contributed by atoms with Crippen molar-refractivity contribution in [2.75, 3.05) is 13.1 Å². The van der Waals surface area contributed by atoms with Crippen molar-refractivity contribution in [2.24, 2.45) is 0 Å². The highest BCUT2D eigenvalue weighted by Crippen LogP contribution is 2.32. The topological polar surface area (TPSA) is 6.48 Å². The summed E-state index contributed by atoms with van der Waals surface area (Å²) >= 11 is 3.59. The lowest BCUT2D eigenvalue weighted by Crippen LogP contribution is -2.53. The van der Waals surface area contributed by atoms with Gasteiger partial charge in [-0.1, -0.05) is 0 Å². The molecule has 2 heterocycles. The van der Waals surface area contributed by atoms with Gasteiger partial charge in [0.25, 0.3) is 0 Å². The molecule has 70 valence electrons. The summed E-state index contributed by atoms with van der Waals surface area (Å²) in [6.45, 7) is 7.04. The summed E-state index contributed by atoms with van der Waals surface area (Å²) in [6, 6.07) is 2.34. The lowest BCUT2D eigenvalue weighted by Gasteiger charge is -2.40. The molecule has 0 aromatic carbocycles. The zero-order chi connectivity index (χ0) is 8.72. The van der Waals surface area contributed by atoms with Crippen LogP contribution in [-0.2, 0) is 0 Å². The van der Waals surface area contributed by atoms with Crippen LogP contribution in [0.3, 0.4) is 0 Å². The molecule has 2 aliphatic heterocycles. The van der Waals surface area contributed by atoms with Crippen LogP contribution >= 0.6 is 16.1 Å². The van der Waals surface area contributed by atoms with E-state index in [2.05, 4.69) is 38.8 Å². The van der Waals surface area contributed by atoms with E-state index in [0.29, 0.717) is 0 Å². The third kappa shape index (κ3) is 1.42. The van der Waals surface area contributed by atoms with Gasteiger partial charge in [0, 0.05) is 47.4 Å². The number of halogens is 1. The molecule has 0 aliphatic carbocycles. The number of rotatable bonds is 1. The van der Waals surface area contributed by atoms with E-state index in [1.807, 2.05) is 0 Å². The number of piperazine rings is 1. The number of hydrogen-bond acceptors (Lipinski definition) is 2. The molecule has 2 atom stereocenters. The summed E-state index contributed by atoms with van der Waals surface area (Å²) in [5, 5.41) is 0. The van der Waals surface area contributed by atoms with E-state index in [0.717, 1.165) is 18.1 Å². The van der Waals surface area contributed by atoms with Crippen LogP contribution in [0.5, 0.6) is 0 Å². The highest BCUT2D eigenvalue weighted by Gasteiger charge is 2.40. The van der Waals surface area contributed by atoms with Gasteiger partial charge in [-0.15, -0.1) is 0 Å². The van der Waals surface area contributed by atoms with E-state index in [9.17, 15) is 0 Å². The van der Waals surface area contributed by atoms with Crippen LogP contribution < -0.4 is 0 Å². The Kier molecular flexibility index (Phi) is 2.45. The molecule has 0 amide bonds. The molecule has 0 spiro atoms. The monoisotopic (exact) mass is 232 g/mol. The lowest BCUT2D eigenvalue weighted by molar-refractivity contribution is 0.0870. The van der Waals surface area contributed by atoms with Gasteiger partial charge in [0.05, 0.1) is 0 Å². The first kappa shape index (κ1) is 8.97. The quantitative estimate of drug-likeness (QED) is 0.638.